The molecule has 1 heterocycles. The fraction of sp³-hybridized carbons (Fsp3) is 0.176. The number of fused-ring (bicyclic) bond motifs is 1. The number of nitrogens with zero attached hydrogens (tertiary/aromatic N) is 2. The average molecular weight is 319 g/mol. The summed E-state index contributed by atoms with van der Waals surface area (Å²) in [6.45, 7) is 5.89. The summed E-state index contributed by atoms with van der Waals surface area (Å²) in [4.78, 5) is 16.7. The Hall–Kier alpha value is -2.20. The lowest BCUT2D eigenvalue weighted by atomic mass is 10.1. The summed E-state index contributed by atoms with van der Waals surface area (Å²) in [7, 11) is 0. The number of aromatic nitrogens is 2. The van der Waals surface area contributed by atoms with E-state index in [1.807, 2.05) is 26.8 Å². The molecule has 0 unspecified atom stereocenters. The van der Waals surface area contributed by atoms with Crippen molar-refractivity contribution in [3.05, 3.63) is 69.5 Å². The van der Waals surface area contributed by atoms with Crippen LogP contribution in [0.25, 0.3) is 16.6 Å². The van der Waals surface area contributed by atoms with Crippen molar-refractivity contribution in [2.75, 3.05) is 0 Å². The lowest BCUT2D eigenvalue weighted by molar-refractivity contribution is 0.626. The molecule has 3 aromatic rings. The second-order valence-corrected chi connectivity index (χ2v) is 4.86. The molecule has 0 amide bonds. The number of hydrogen-bond donors (Lipinski definition) is 0. The maximum absolute atomic E-state index is 13.3. The van der Waals surface area contributed by atoms with E-state index in [0.29, 0.717) is 16.6 Å². The van der Waals surface area contributed by atoms with Crippen molar-refractivity contribution < 1.29 is 4.39 Å². The minimum Gasteiger partial charge on any atom is -0.268 e. The number of hydrogen-bond acceptors (Lipinski definition) is 2. The minimum atomic E-state index is -0.435. The van der Waals surface area contributed by atoms with Gasteiger partial charge in [-0.05, 0) is 48.9 Å². The maximum atomic E-state index is 13.3. The van der Waals surface area contributed by atoms with Gasteiger partial charge >= 0.3 is 0 Å². The first-order valence-corrected chi connectivity index (χ1v) is 7.39. The highest BCUT2D eigenvalue weighted by molar-refractivity contribution is 6.29. The Labute approximate surface area is 133 Å². The topological polar surface area (TPSA) is 34.9 Å². The van der Waals surface area contributed by atoms with Gasteiger partial charge in [-0.2, -0.15) is 0 Å². The molecule has 1 aromatic heterocycles. The van der Waals surface area contributed by atoms with Crippen LogP contribution in [0.4, 0.5) is 4.39 Å². The van der Waals surface area contributed by atoms with Crippen LogP contribution in [0, 0.1) is 12.7 Å². The molecule has 0 atom stereocenters. The van der Waals surface area contributed by atoms with Crippen LogP contribution in [0.2, 0.25) is 5.28 Å². The number of halogens is 2. The molecule has 0 bridgehead atoms. The summed E-state index contributed by atoms with van der Waals surface area (Å²) in [6, 6.07) is 11.0. The van der Waals surface area contributed by atoms with Gasteiger partial charge in [0.05, 0.1) is 16.6 Å². The monoisotopic (exact) mass is 318 g/mol. The molecule has 3 rings (SSSR count). The van der Waals surface area contributed by atoms with Crippen molar-refractivity contribution in [1.82, 2.24) is 9.55 Å². The maximum Gasteiger partial charge on any atom is 0.266 e. The van der Waals surface area contributed by atoms with Crippen molar-refractivity contribution in [2.45, 2.75) is 20.8 Å². The van der Waals surface area contributed by atoms with Gasteiger partial charge in [0.25, 0.3) is 5.56 Å². The SMILES string of the molecule is CC.Cc1ccc2nc(Cl)n(-c3cccc(F)c3)c(=O)c2c1. The summed E-state index contributed by atoms with van der Waals surface area (Å²) >= 11 is 6.06. The van der Waals surface area contributed by atoms with Gasteiger partial charge in [-0.1, -0.05) is 31.5 Å². The normalized spacial score (nSPS) is 10.2. The van der Waals surface area contributed by atoms with Gasteiger partial charge in [-0.25, -0.2) is 9.37 Å². The number of aryl methyl sites for hydroxylation is 1. The average Bonchev–Trinajstić information content (AvgIpc) is 2.50. The summed E-state index contributed by atoms with van der Waals surface area (Å²) in [6.07, 6.45) is 0. The Morgan fingerprint density at radius 3 is 2.55 bits per heavy atom. The van der Waals surface area contributed by atoms with E-state index in [1.165, 1.54) is 22.8 Å². The first-order valence-electron chi connectivity index (χ1n) is 7.01. The Kier molecular flexibility index (Phi) is 4.93. The van der Waals surface area contributed by atoms with Gasteiger partial charge in [-0.15, -0.1) is 0 Å². The molecule has 0 saturated carbocycles. The molecule has 0 radical (unpaired) electrons. The summed E-state index contributed by atoms with van der Waals surface area (Å²) in [5.74, 6) is -0.435. The fourth-order valence-electron chi connectivity index (χ4n) is 2.11. The predicted molar refractivity (Wildman–Crippen MR) is 88.4 cm³/mol. The van der Waals surface area contributed by atoms with E-state index in [9.17, 15) is 9.18 Å². The number of benzene rings is 2. The van der Waals surface area contributed by atoms with Crippen LogP contribution in [-0.2, 0) is 0 Å². The minimum absolute atomic E-state index is 0.0111. The summed E-state index contributed by atoms with van der Waals surface area (Å²) < 4.78 is 14.5. The first kappa shape index (κ1) is 16.2. The molecular weight excluding hydrogens is 303 g/mol. The zero-order valence-corrected chi connectivity index (χ0v) is 13.4. The second kappa shape index (κ2) is 6.71. The van der Waals surface area contributed by atoms with Crippen molar-refractivity contribution in [2.24, 2.45) is 0 Å². The van der Waals surface area contributed by atoms with Crippen molar-refractivity contribution in [3.63, 3.8) is 0 Å². The van der Waals surface area contributed by atoms with Gasteiger partial charge in [0.2, 0.25) is 5.28 Å². The Morgan fingerprint density at radius 2 is 1.86 bits per heavy atom. The third-order valence-corrected chi connectivity index (χ3v) is 3.30. The molecule has 0 fully saturated rings. The quantitative estimate of drug-likeness (QED) is 0.619. The molecule has 114 valence electrons. The van der Waals surface area contributed by atoms with Gasteiger partial charge in [0.15, 0.2) is 0 Å². The van der Waals surface area contributed by atoms with E-state index in [1.54, 1.807) is 18.2 Å². The fourth-order valence-corrected chi connectivity index (χ4v) is 2.38. The van der Waals surface area contributed by atoms with Crippen LogP contribution in [0.1, 0.15) is 19.4 Å². The molecule has 0 N–H and O–H groups in total. The summed E-state index contributed by atoms with van der Waals surface area (Å²) in [5.41, 5.74) is 1.52. The largest absolute Gasteiger partial charge is 0.268 e. The van der Waals surface area contributed by atoms with Crippen LogP contribution < -0.4 is 5.56 Å². The molecule has 0 aliphatic rings. The molecule has 0 spiro atoms. The van der Waals surface area contributed by atoms with Crippen molar-refractivity contribution in [3.8, 4) is 5.69 Å². The van der Waals surface area contributed by atoms with Crippen molar-refractivity contribution in [1.29, 1.82) is 0 Å². The van der Waals surface area contributed by atoms with Gasteiger partial charge in [0.1, 0.15) is 5.82 Å². The summed E-state index contributed by atoms with van der Waals surface area (Å²) in [5, 5.41) is 0.468. The third-order valence-electron chi connectivity index (χ3n) is 3.05. The van der Waals surface area contributed by atoms with Gasteiger partial charge < -0.3 is 0 Å². The van der Waals surface area contributed by atoms with E-state index in [2.05, 4.69) is 4.98 Å². The zero-order chi connectivity index (χ0) is 16.3. The van der Waals surface area contributed by atoms with E-state index < -0.39 is 5.82 Å². The predicted octanol–water partition coefficient (Wildman–Crippen LogP) is 4.51. The third kappa shape index (κ3) is 3.02. The Balaban J connectivity index is 0.000000847. The first-order chi connectivity index (χ1) is 10.6. The van der Waals surface area contributed by atoms with Gasteiger partial charge in [-0.3, -0.25) is 9.36 Å². The molecular formula is C17H16ClFN2O. The van der Waals surface area contributed by atoms with Crippen molar-refractivity contribution >= 4 is 22.5 Å². The molecule has 0 saturated heterocycles. The molecule has 5 heteroatoms. The molecule has 2 aromatic carbocycles. The smallest absolute Gasteiger partial charge is 0.266 e. The van der Waals surface area contributed by atoms with E-state index in [0.717, 1.165) is 5.56 Å². The van der Waals surface area contributed by atoms with Crippen LogP contribution in [0.3, 0.4) is 0 Å². The number of rotatable bonds is 1. The Bertz CT molecular complexity index is 874. The molecule has 0 aliphatic heterocycles. The van der Waals surface area contributed by atoms with E-state index in [4.69, 9.17) is 11.6 Å². The van der Waals surface area contributed by atoms with Crippen LogP contribution >= 0.6 is 11.6 Å². The van der Waals surface area contributed by atoms with Crippen LogP contribution in [-0.4, -0.2) is 9.55 Å². The lowest BCUT2D eigenvalue weighted by Crippen LogP contribution is -2.20. The lowest BCUT2D eigenvalue weighted by Gasteiger charge is -2.09. The highest BCUT2D eigenvalue weighted by atomic mass is 35.5. The van der Waals surface area contributed by atoms with Crippen LogP contribution in [0.5, 0.6) is 0 Å². The van der Waals surface area contributed by atoms with Gasteiger partial charge in [0, 0.05) is 0 Å². The highest BCUT2D eigenvalue weighted by Gasteiger charge is 2.11. The molecule has 22 heavy (non-hydrogen) atoms. The molecule has 0 aliphatic carbocycles. The Morgan fingerprint density at radius 1 is 1.14 bits per heavy atom. The molecule has 3 nitrogen and oxygen atoms in total. The standard InChI is InChI=1S/C15H10ClFN2O.C2H6/c1-9-5-6-13-12(7-9)14(20)19(15(16)18-13)11-4-2-3-10(17)8-11;1-2/h2-8H,1H3;1-2H3. The highest BCUT2D eigenvalue weighted by Crippen LogP contribution is 2.17. The second-order valence-electron chi connectivity index (χ2n) is 4.52. The van der Waals surface area contributed by atoms with E-state index in [-0.39, 0.29) is 10.8 Å². The zero-order valence-electron chi connectivity index (χ0n) is 12.6. The van der Waals surface area contributed by atoms with Crippen LogP contribution in [0.15, 0.2) is 47.3 Å². The van der Waals surface area contributed by atoms with E-state index >= 15 is 0 Å².